The van der Waals surface area contributed by atoms with E-state index >= 15 is 0 Å². The minimum Gasteiger partial charge on any atom is -0.374 e. The second kappa shape index (κ2) is 13.8. The van der Waals surface area contributed by atoms with Gasteiger partial charge in [-0.15, -0.1) is 25.3 Å². The summed E-state index contributed by atoms with van der Waals surface area (Å²) in [6.45, 7) is 9.80. The summed E-state index contributed by atoms with van der Waals surface area (Å²) in [5.74, 6) is 0. The molecule has 0 amide bonds. The largest absolute Gasteiger partial charge is 0.500 e. The fourth-order valence-corrected chi connectivity index (χ4v) is 5.28. The fraction of sp³-hybridized carbons (Fsp3) is 0.846. The standard InChI is InChI=1S/C13H28N2O3S4Si/c1-4-16-23(17-5-2,18-6-3)11-7-9-15(13(21)22)10-8-14-12(19)20/h4-11H2,1-3H3,(H,21,22)(H2,14,19,20). The molecule has 0 saturated carbocycles. The first-order valence-electron chi connectivity index (χ1n) is 7.77. The molecule has 0 aromatic carbocycles. The quantitative estimate of drug-likeness (QED) is 0.242. The zero-order chi connectivity index (χ0) is 17.7. The molecule has 0 heterocycles. The Hall–Kier alpha value is 0.577. The van der Waals surface area contributed by atoms with Crippen LogP contribution in [0, 0.1) is 0 Å². The molecule has 0 unspecified atom stereocenters. The summed E-state index contributed by atoms with van der Waals surface area (Å²) in [6.07, 6.45) is 0.859. The molecule has 5 nitrogen and oxygen atoms in total. The maximum Gasteiger partial charge on any atom is 0.500 e. The second-order valence-electron chi connectivity index (χ2n) is 4.59. The van der Waals surface area contributed by atoms with Gasteiger partial charge in [0.2, 0.25) is 0 Å². The van der Waals surface area contributed by atoms with E-state index in [9.17, 15) is 0 Å². The van der Waals surface area contributed by atoms with Gasteiger partial charge in [0.05, 0.1) is 0 Å². The van der Waals surface area contributed by atoms with Gasteiger partial charge in [0.1, 0.15) is 8.64 Å². The molecule has 0 aromatic rings. The lowest BCUT2D eigenvalue weighted by molar-refractivity contribution is 0.0704. The summed E-state index contributed by atoms with van der Waals surface area (Å²) in [6, 6.07) is 0.758. The topological polar surface area (TPSA) is 43.0 Å². The molecule has 0 aliphatic heterocycles. The lowest BCUT2D eigenvalue weighted by Crippen LogP contribution is -2.46. The lowest BCUT2D eigenvalue weighted by atomic mass is 10.4. The number of nitrogens with zero attached hydrogens (tertiary/aromatic N) is 1. The molecule has 0 bridgehead atoms. The van der Waals surface area contributed by atoms with Crippen molar-refractivity contribution in [1.82, 2.24) is 10.2 Å². The van der Waals surface area contributed by atoms with Crippen LogP contribution in [0.3, 0.4) is 0 Å². The molecule has 0 fully saturated rings. The molecule has 0 rings (SSSR count). The van der Waals surface area contributed by atoms with Crippen LogP contribution in [0.1, 0.15) is 27.2 Å². The van der Waals surface area contributed by atoms with Crippen molar-refractivity contribution in [3.63, 3.8) is 0 Å². The van der Waals surface area contributed by atoms with Gasteiger partial charge < -0.3 is 23.5 Å². The summed E-state index contributed by atoms with van der Waals surface area (Å²) in [7, 11) is -2.59. The van der Waals surface area contributed by atoms with Crippen LogP contribution in [0.15, 0.2) is 0 Å². The van der Waals surface area contributed by atoms with Crippen LogP contribution in [0.4, 0.5) is 0 Å². The smallest absolute Gasteiger partial charge is 0.374 e. The average molecular weight is 417 g/mol. The van der Waals surface area contributed by atoms with Crippen LogP contribution < -0.4 is 5.32 Å². The Morgan fingerprint density at radius 3 is 1.91 bits per heavy atom. The Kier molecular flexibility index (Phi) is 14.2. The summed E-state index contributed by atoms with van der Waals surface area (Å²) in [5, 5.41) is 2.99. The van der Waals surface area contributed by atoms with E-state index in [0.717, 1.165) is 25.6 Å². The molecule has 0 spiro atoms. The zero-order valence-corrected chi connectivity index (χ0v) is 18.5. The van der Waals surface area contributed by atoms with Crippen LogP contribution in [-0.4, -0.2) is 61.8 Å². The average Bonchev–Trinajstić information content (AvgIpc) is 2.46. The Balaban J connectivity index is 4.49. The summed E-state index contributed by atoms with van der Waals surface area (Å²) < 4.78 is 18.6. The van der Waals surface area contributed by atoms with Crippen molar-refractivity contribution in [2.45, 2.75) is 33.2 Å². The van der Waals surface area contributed by atoms with E-state index in [0.29, 0.717) is 35.0 Å². The first kappa shape index (κ1) is 23.6. The molecule has 0 radical (unpaired) electrons. The van der Waals surface area contributed by atoms with Crippen molar-refractivity contribution in [3.05, 3.63) is 0 Å². The Bertz CT molecular complexity index is 347. The minimum absolute atomic E-state index is 0.477. The van der Waals surface area contributed by atoms with Crippen molar-refractivity contribution in [1.29, 1.82) is 0 Å². The first-order valence-corrected chi connectivity index (χ1v) is 11.4. The van der Waals surface area contributed by atoms with Crippen molar-refractivity contribution < 1.29 is 13.3 Å². The van der Waals surface area contributed by atoms with Gasteiger partial charge in [-0.3, -0.25) is 0 Å². The van der Waals surface area contributed by atoms with Gasteiger partial charge in [-0.25, -0.2) is 0 Å². The normalized spacial score (nSPS) is 11.3. The maximum atomic E-state index is 5.85. The summed E-state index contributed by atoms with van der Waals surface area (Å²) in [4.78, 5) is 2.01. The zero-order valence-electron chi connectivity index (χ0n) is 14.0. The molecule has 136 valence electrons. The molecule has 0 aliphatic rings. The van der Waals surface area contributed by atoms with Crippen molar-refractivity contribution in [2.75, 3.05) is 39.5 Å². The third kappa shape index (κ3) is 10.9. The Morgan fingerprint density at radius 2 is 1.52 bits per heavy atom. The van der Waals surface area contributed by atoms with E-state index in [1.807, 2.05) is 25.7 Å². The molecule has 0 saturated heterocycles. The molecule has 0 atom stereocenters. The van der Waals surface area contributed by atoms with Crippen LogP contribution in [-0.2, 0) is 13.3 Å². The van der Waals surface area contributed by atoms with Gasteiger partial charge >= 0.3 is 8.80 Å². The monoisotopic (exact) mass is 416 g/mol. The van der Waals surface area contributed by atoms with Crippen molar-refractivity contribution in [3.8, 4) is 0 Å². The third-order valence-corrected chi connectivity index (χ3v) is 6.93. The van der Waals surface area contributed by atoms with Gasteiger partial charge in [0.15, 0.2) is 0 Å². The summed E-state index contributed by atoms with van der Waals surface area (Å²) in [5.41, 5.74) is 0. The van der Waals surface area contributed by atoms with Gasteiger partial charge in [0, 0.05) is 45.5 Å². The fourth-order valence-electron chi connectivity index (χ4n) is 2.09. The number of rotatable bonds is 13. The highest BCUT2D eigenvalue weighted by Crippen LogP contribution is 2.18. The van der Waals surface area contributed by atoms with E-state index in [1.165, 1.54) is 0 Å². The summed E-state index contributed by atoms with van der Waals surface area (Å²) >= 11 is 18.4. The van der Waals surface area contributed by atoms with Crippen molar-refractivity contribution in [2.24, 2.45) is 0 Å². The van der Waals surface area contributed by atoms with Crippen LogP contribution >= 0.6 is 49.7 Å². The van der Waals surface area contributed by atoms with Crippen LogP contribution in [0.2, 0.25) is 6.04 Å². The molecular formula is C13H28N2O3S4Si. The maximum absolute atomic E-state index is 5.85. The van der Waals surface area contributed by atoms with E-state index in [-0.39, 0.29) is 0 Å². The number of thiol groups is 2. The number of hydrogen-bond donors (Lipinski definition) is 3. The number of hydrogen-bond acceptors (Lipinski definition) is 5. The highest BCUT2D eigenvalue weighted by molar-refractivity contribution is 8.11. The third-order valence-electron chi connectivity index (χ3n) is 2.93. The van der Waals surface area contributed by atoms with Gasteiger partial charge in [-0.1, -0.05) is 24.4 Å². The predicted octanol–water partition coefficient (Wildman–Crippen LogP) is 2.75. The minimum atomic E-state index is -2.59. The SMILES string of the molecule is CCO[Si](CCCN(CCNC(=S)S)C(=S)S)(OCC)OCC. The molecule has 10 heteroatoms. The van der Waals surface area contributed by atoms with Gasteiger partial charge in [-0.2, -0.15) is 0 Å². The number of thiocarbonyl (C=S) groups is 2. The molecule has 0 aliphatic carbocycles. The Labute approximate surface area is 163 Å². The molecule has 23 heavy (non-hydrogen) atoms. The molecular weight excluding hydrogens is 389 g/mol. The lowest BCUT2D eigenvalue weighted by Gasteiger charge is -2.30. The molecule has 1 N–H and O–H groups in total. The first-order chi connectivity index (χ1) is 10.9. The van der Waals surface area contributed by atoms with Crippen LogP contribution in [0.5, 0.6) is 0 Å². The molecule has 0 aromatic heterocycles. The van der Waals surface area contributed by atoms with Crippen LogP contribution in [0.25, 0.3) is 0 Å². The highest BCUT2D eigenvalue weighted by Gasteiger charge is 2.39. The van der Waals surface area contributed by atoms with E-state index in [1.54, 1.807) is 0 Å². The van der Waals surface area contributed by atoms with E-state index in [4.69, 9.17) is 37.7 Å². The predicted molar refractivity (Wildman–Crippen MR) is 113 cm³/mol. The number of nitrogens with one attached hydrogen (secondary N) is 1. The second-order valence-corrected chi connectivity index (χ2v) is 9.59. The van der Waals surface area contributed by atoms with E-state index in [2.05, 4.69) is 30.6 Å². The van der Waals surface area contributed by atoms with Crippen molar-refractivity contribution >= 4 is 67.1 Å². The highest BCUT2D eigenvalue weighted by atomic mass is 32.1. The van der Waals surface area contributed by atoms with Gasteiger partial charge in [0.25, 0.3) is 0 Å². The van der Waals surface area contributed by atoms with E-state index < -0.39 is 8.80 Å². The van der Waals surface area contributed by atoms with Gasteiger partial charge in [-0.05, 0) is 27.2 Å². The Morgan fingerprint density at radius 1 is 1.00 bits per heavy atom.